The molecule has 204 valence electrons. The van der Waals surface area contributed by atoms with Crippen molar-refractivity contribution in [3.8, 4) is 17.2 Å². The van der Waals surface area contributed by atoms with Crippen LogP contribution in [-0.2, 0) is 9.59 Å². The number of nitrogens with zero attached hydrogens (tertiary/aromatic N) is 2. The molecule has 4 rings (SSSR count). The van der Waals surface area contributed by atoms with Crippen molar-refractivity contribution in [2.24, 2.45) is 0 Å². The number of halogens is 2. The third kappa shape index (κ3) is 5.10. The van der Waals surface area contributed by atoms with Crippen LogP contribution >= 0.6 is 23.2 Å². The number of ether oxygens (including phenoxy) is 3. The Balaban J connectivity index is 1.96. The van der Waals surface area contributed by atoms with Crippen molar-refractivity contribution in [1.29, 1.82) is 0 Å². The maximum Gasteiger partial charge on any atom is 0.300 e. The first-order valence-electron chi connectivity index (χ1n) is 12.1. The van der Waals surface area contributed by atoms with Crippen LogP contribution in [0.4, 0.5) is 11.4 Å². The number of carbonyl (C=O) groups excluding carboxylic acids is 2. The van der Waals surface area contributed by atoms with Crippen molar-refractivity contribution < 1.29 is 28.9 Å². The van der Waals surface area contributed by atoms with Crippen LogP contribution in [0.15, 0.2) is 60.2 Å². The zero-order chi connectivity index (χ0) is 28.4. The van der Waals surface area contributed by atoms with Gasteiger partial charge in [-0.25, -0.2) is 0 Å². The van der Waals surface area contributed by atoms with E-state index in [4.69, 9.17) is 37.4 Å². The van der Waals surface area contributed by atoms with Gasteiger partial charge in [0.2, 0.25) is 0 Å². The number of anilines is 2. The summed E-state index contributed by atoms with van der Waals surface area (Å²) in [6.45, 7) is 2.35. The summed E-state index contributed by atoms with van der Waals surface area (Å²) in [5, 5.41) is 11.7. The van der Waals surface area contributed by atoms with E-state index < -0.39 is 23.5 Å². The minimum atomic E-state index is -0.963. The highest BCUT2D eigenvalue weighted by Crippen LogP contribution is 2.48. The Bertz CT molecular complexity index is 1440. The van der Waals surface area contributed by atoms with Crippen LogP contribution in [0.25, 0.3) is 5.76 Å². The number of Topliss-reactive ketones (excluding diaryl/α,β-unsaturated/α-hetero) is 1. The van der Waals surface area contributed by atoms with Gasteiger partial charge in [-0.2, -0.15) is 0 Å². The topological polar surface area (TPSA) is 88.5 Å². The molecule has 0 aromatic heterocycles. The Hall–Kier alpha value is -3.88. The number of rotatable bonds is 8. The van der Waals surface area contributed by atoms with E-state index in [1.807, 2.05) is 38.1 Å². The van der Waals surface area contributed by atoms with Gasteiger partial charge in [0.25, 0.3) is 11.7 Å². The second-order valence-corrected chi connectivity index (χ2v) is 9.65. The lowest BCUT2D eigenvalue weighted by Crippen LogP contribution is -2.29. The highest BCUT2D eigenvalue weighted by atomic mass is 35.5. The van der Waals surface area contributed by atoms with Crippen LogP contribution in [0.3, 0.4) is 0 Å². The van der Waals surface area contributed by atoms with E-state index in [0.29, 0.717) is 23.6 Å². The molecule has 0 aliphatic carbocycles. The van der Waals surface area contributed by atoms with Gasteiger partial charge in [-0.05, 0) is 55.0 Å². The third-order valence-corrected chi connectivity index (χ3v) is 7.01. The maximum absolute atomic E-state index is 13.6. The van der Waals surface area contributed by atoms with E-state index in [9.17, 15) is 14.7 Å². The van der Waals surface area contributed by atoms with Gasteiger partial charge in [-0.1, -0.05) is 35.3 Å². The number of benzene rings is 3. The van der Waals surface area contributed by atoms with Gasteiger partial charge in [-0.3, -0.25) is 14.5 Å². The Labute approximate surface area is 236 Å². The molecule has 3 aromatic carbocycles. The lowest BCUT2D eigenvalue weighted by molar-refractivity contribution is -0.132. The van der Waals surface area contributed by atoms with Crippen LogP contribution in [0, 0.1) is 0 Å². The van der Waals surface area contributed by atoms with E-state index in [0.717, 1.165) is 5.69 Å². The normalized spacial score (nSPS) is 16.4. The number of hydrogen-bond donors (Lipinski definition) is 1. The molecule has 0 spiro atoms. The Morgan fingerprint density at radius 3 is 2.13 bits per heavy atom. The quantitative estimate of drug-likeness (QED) is 0.199. The molecule has 1 heterocycles. The van der Waals surface area contributed by atoms with Gasteiger partial charge < -0.3 is 24.2 Å². The second-order valence-electron chi connectivity index (χ2n) is 8.87. The third-order valence-electron chi connectivity index (χ3n) is 6.39. The molecular weight excluding hydrogens is 543 g/mol. The molecule has 1 amide bonds. The predicted octanol–water partition coefficient (Wildman–Crippen LogP) is 6.10. The SMILES string of the molecule is CCOc1ccc(C2/C(=C(\O)c3cc(Cl)c(OC)c(Cl)c3OC)C(=O)C(=O)N2c2ccc(N(C)C)cc2)cc1. The van der Waals surface area contributed by atoms with E-state index in [1.54, 1.807) is 36.4 Å². The van der Waals surface area contributed by atoms with Gasteiger partial charge in [0, 0.05) is 25.5 Å². The molecule has 3 aromatic rings. The fraction of sp³-hybridized carbons (Fsp3) is 0.241. The van der Waals surface area contributed by atoms with Crippen LogP contribution in [0.1, 0.15) is 24.1 Å². The number of amides is 1. The number of carbonyl (C=O) groups is 2. The van der Waals surface area contributed by atoms with Crippen molar-refractivity contribution in [3.05, 3.63) is 81.3 Å². The summed E-state index contributed by atoms with van der Waals surface area (Å²) in [5.41, 5.74) is 1.89. The Morgan fingerprint density at radius 2 is 1.59 bits per heavy atom. The maximum atomic E-state index is 13.6. The molecule has 1 fully saturated rings. The van der Waals surface area contributed by atoms with E-state index in [2.05, 4.69) is 0 Å². The fourth-order valence-corrected chi connectivity index (χ4v) is 5.22. The first kappa shape index (κ1) is 28.1. The summed E-state index contributed by atoms with van der Waals surface area (Å²) in [5.74, 6) is -1.32. The molecule has 0 radical (unpaired) electrons. The second kappa shape index (κ2) is 11.5. The van der Waals surface area contributed by atoms with Crippen LogP contribution < -0.4 is 24.0 Å². The van der Waals surface area contributed by atoms with Crippen LogP contribution in [-0.4, -0.2) is 51.7 Å². The van der Waals surface area contributed by atoms with E-state index >= 15 is 0 Å². The van der Waals surface area contributed by atoms with Gasteiger partial charge in [0.15, 0.2) is 11.5 Å². The van der Waals surface area contributed by atoms with E-state index in [-0.39, 0.29) is 32.7 Å². The van der Waals surface area contributed by atoms with E-state index in [1.165, 1.54) is 25.2 Å². The van der Waals surface area contributed by atoms with Gasteiger partial charge in [0.05, 0.1) is 43.0 Å². The molecule has 1 N–H and O–H groups in total. The minimum absolute atomic E-state index is 0.0140. The summed E-state index contributed by atoms with van der Waals surface area (Å²) >= 11 is 12.8. The summed E-state index contributed by atoms with van der Waals surface area (Å²) < 4.78 is 16.3. The molecule has 0 bridgehead atoms. The smallest absolute Gasteiger partial charge is 0.300 e. The first-order valence-corrected chi connectivity index (χ1v) is 12.8. The van der Waals surface area contributed by atoms with Crippen LogP contribution in [0.2, 0.25) is 10.0 Å². The summed E-state index contributed by atoms with van der Waals surface area (Å²) in [6, 6.07) is 14.6. The van der Waals surface area contributed by atoms with Crippen molar-refractivity contribution in [2.45, 2.75) is 13.0 Å². The predicted molar refractivity (Wildman–Crippen MR) is 153 cm³/mol. The largest absolute Gasteiger partial charge is 0.507 e. The zero-order valence-electron chi connectivity index (χ0n) is 22.1. The molecule has 10 heteroatoms. The number of hydrogen-bond acceptors (Lipinski definition) is 7. The molecule has 1 aliphatic heterocycles. The minimum Gasteiger partial charge on any atom is -0.507 e. The lowest BCUT2D eigenvalue weighted by atomic mass is 9.94. The van der Waals surface area contributed by atoms with Crippen molar-refractivity contribution >= 4 is 52.0 Å². The average molecular weight is 571 g/mol. The molecule has 0 saturated carbocycles. The molecule has 1 saturated heterocycles. The fourth-order valence-electron chi connectivity index (χ4n) is 4.53. The molecular formula is C29H28Cl2N2O6. The standard InChI is InChI=1S/C29H28Cl2N2O6/c1-6-39-19-13-7-16(8-14-19)24-22(25(34)20-15-21(30)28(38-5)23(31)27(20)37-4)26(35)29(36)33(24)18-11-9-17(10-12-18)32(2)3/h7-15,24,34H,6H2,1-5H3/b25-22+. The molecule has 1 unspecified atom stereocenters. The molecule has 39 heavy (non-hydrogen) atoms. The number of methoxy groups -OCH3 is 2. The molecule has 8 nitrogen and oxygen atoms in total. The average Bonchev–Trinajstić information content (AvgIpc) is 3.19. The Kier molecular flexibility index (Phi) is 8.28. The summed E-state index contributed by atoms with van der Waals surface area (Å²) in [4.78, 5) is 30.3. The highest BCUT2D eigenvalue weighted by Gasteiger charge is 2.47. The molecule has 1 aliphatic rings. The van der Waals surface area contributed by atoms with Gasteiger partial charge in [-0.15, -0.1) is 0 Å². The van der Waals surface area contributed by atoms with Gasteiger partial charge in [0.1, 0.15) is 16.5 Å². The lowest BCUT2D eigenvalue weighted by Gasteiger charge is -2.26. The van der Waals surface area contributed by atoms with Crippen molar-refractivity contribution in [2.75, 3.05) is 44.7 Å². The number of ketones is 1. The monoisotopic (exact) mass is 570 g/mol. The summed E-state index contributed by atoms with van der Waals surface area (Å²) in [7, 11) is 6.56. The molecule has 1 atom stereocenters. The zero-order valence-corrected chi connectivity index (χ0v) is 23.6. The number of aliphatic hydroxyl groups excluding tert-OH is 1. The first-order chi connectivity index (χ1) is 18.6. The Morgan fingerprint density at radius 1 is 0.974 bits per heavy atom. The summed E-state index contributed by atoms with van der Waals surface area (Å²) in [6.07, 6.45) is 0. The van der Waals surface area contributed by atoms with Crippen LogP contribution in [0.5, 0.6) is 17.2 Å². The number of aliphatic hydroxyl groups is 1. The van der Waals surface area contributed by atoms with Gasteiger partial charge >= 0.3 is 0 Å². The highest BCUT2D eigenvalue weighted by molar-refractivity contribution is 6.52. The van der Waals surface area contributed by atoms with Crippen molar-refractivity contribution in [1.82, 2.24) is 0 Å². The van der Waals surface area contributed by atoms with Crippen molar-refractivity contribution in [3.63, 3.8) is 0 Å².